The van der Waals surface area contributed by atoms with Crippen molar-refractivity contribution in [3.8, 4) is 22.5 Å². The molecule has 0 bridgehead atoms. The lowest BCUT2D eigenvalue weighted by atomic mass is 9.98. The summed E-state index contributed by atoms with van der Waals surface area (Å²) in [6.45, 7) is 7.22. The van der Waals surface area contributed by atoms with Crippen LogP contribution in [-0.2, 0) is 19.4 Å². The van der Waals surface area contributed by atoms with Crippen molar-refractivity contribution in [2.24, 2.45) is 0 Å². The summed E-state index contributed by atoms with van der Waals surface area (Å²) in [5, 5.41) is 14.5. The fourth-order valence-corrected chi connectivity index (χ4v) is 4.29. The molecule has 0 radical (unpaired) electrons. The first-order chi connectivity index (χ1) is 16.2. The second-order valence-electron chi connectivity index (χ2n) is 8.30. The van der Waals surface area contributed by atoms with E-state index in [2.05, 4.69) is 82.4 Å². The van der Waals surface area contributed by atoms with Crippen LogP contribution in [0, 0.1) is 6.92 Å². The molecule has 0 spiro atoms. The highest BCUT2D eigenvalue weighted by Gasteiger charge is 2.15. The summed E-state index contributed by atoms with van der Waals surface area (Å²) in [5.74, 6) is 1.69. The van der Waals surface area contributed by atoms with Crippen molar-refractivity contribution in [2.45, 2.75) is 46.6 Å². The summed E-state index contributed by atoms with van der Waals surface area (Å²) < 4.78 is 2.28. The number of hydrogen-bond donors (Lipinski definition) is 1. The van der Waals surface area contributed by atoms with E-state index in [1.807, 2.05) is 18.2 Å². The number of benzene rings is 2. The van der Waals surface area contributed by atoms with Crippen LogP contribution in [0.15, 0.2) is 54.6 Å². The summed E-state index contributed by atoms with van der Waals surface area (Å²) in [5.41, 5.74) is 8.67. The maximum absolute atomic E-state index is 4.96. The highest BCUT2D eigenvalue weighted by molar-refractivity contribution is 5.80. The number of nitrogens with one attached hydrogen (secondary N) is 1. The minimum absolute atomic E-state index is 0.594. The van der Waals surface area contributed by atoms with Crippen LogP contribution in [0.4, 0.5) is 0 Å². The molecule has 1 N–H and O–H groups in total. The van der Waals surface area contributed by atoms with Crippen LogP contribution in [0.3, 0.4) is 0 Å². The van der Waals surface area contributed by atoms with Crippen LogP contribution in [0.1, 0.15) is 42.9 Å². The summed E-state index contributed by atoms with van der Waals surface area (Å²) in [6, 6.07) is 19.0. The number of aromatic amines is 1. The zero-order valence-corrected chi connectivity index (χ0v) is 19.2. The predicted molar refractivity (Wildman–Crippen MR) is 130 cm³/mol. The molecule has 7 heteroatoms. The van der Waals surface area contributed by atoms with Gasteiger partial charge in [0, 0.05) is 17.7 Å². The van der Waals surface area contributed by atoms with E-state index in [0.29, 0.717) is 5.82 Å². The number of nitrogens with zero attached hydrogens (tertiary/aromatic N) is 6. The Bertz CT molecular complexity index is 1380. The van der Waals surface area contributed by atoms with E-state index in [0.717, 1.165) is 65.2 Å². The fraction of sp³-hybridized carbons (Fsp3) is 0.269. The van der Waals surface area contributed by atoms with E-state index in [-0.39, 0.29) is 0 Å². The summed E-state index contributed by atoms with van der Waals surface area (Å²) >= 11 is 0. The molecule has 0 aliphatic heterocycles. The Morgan fingerprint density at radius 3 is 2.42 bits per heavy atom. The number of imidazole rings is 1. The normalized spacial score (nSPS) is 11.4. The lowest BCUT2D eigenvalue weighted by Crippen LogP contribution is -2.06. The Hall–Kier alpha value is -3.87. The summed E-state index contributed by atoms with van der Waals surface area (Å²) in [6.07, 6.45) is 2.90. The van der Waals surface area contributed by atoms with Gasteiger partial charge in [0.25, 0.3) is 0 Å². The SMILES string of the molecule is CCCc1nc2c(C)cc(CC)nc2n1Cc1ccc(-c2ccccc2-c2nn[nH]n2)cc1. The van der Waals surface area contributed by atoms with Gasteiger partial charge in [-0.05, 0) is 53.3 Å². The van der Waals surface area contributed by atoms with E-state index in [9.17, 15) is 0 Å². The third-order valence-electron chi connectivity index (χ3n) is 5.98. The smallest absolute Gasteiger partial charge is 0.205 e. The van der Waals surface area contributed by atoms with E-state index in [4.69, 9.17) is 9.97 Å². The van der Waals surface area contributed by atoms with Crippen LogP contribution in [0.25, 0.3) is 33.7 Å². The van der Waals surface area contributed by atoms with E-state index in [1.165, 1.54) is 11.1 Å². The number of tetrazole rings is 1. The number of H-pyrrole nitrogens is 1. The highest BCUT2D eigenvalue weighted by Crippen LogP contribution is 2.30. The van der Waals surface area contributed by atoms with Crippen LogP contribution in [0.5, 0.6) is 0 Å². The van der Waals surface area contributed by atoms with Gasteiger partial charge in [-0.3, -0.25) is 0 Å². The second-order valence-corrected chi connectivity index (χ2v) is 8.30. The van der Waals surface area contributed by atoms with Gasteiger partial charge in [0.15, 0.2) is 5.65 Å². The average molecular weight is 438 g/mol. The molecule has 3 aromatic heterocycles. The Morgan fingerprint density at radius 2 is 1.73 bits per heavy atom. The van der Waals surface area contributed by atoms with E-state index >= 15 is 0 Å². The lowest BCUT2D eigenvalue weighted by Gasteiger charge is -2.11. The molecule has 5 aromatic rings. The Kier molecular flexibility index (Phi) is 5.69. The topological polar surface area (TPSA) is 85.2 Å². The van der Waals surface area contributed by atoms with E-state index < -0.39 is 0 Å². The van der Waals surface area contributed by atoms with Crippen LogP contribution >= 0.6 is 0 Å². The molecule has 0 saturated carbocycles. The van der Waals surface area contributed by atoms with Crippen molar-refractivity contribution < 1.29 is 0 Å². The van der Waals surface area contributed by atoms with Gasteiger partial charge in [-0.2, -0.15) is 5.21 Å². The number of pyridine rings is 1. The van der Waals surface area contributed by atoms with Crippen molar-refractivity contribution in [2.75, 3.05) is 0 Å². The molecule has 7 nitrogen and oxygen atoms in total. The number of hydrogen-bond acceptors (Lipinski definition) is 5. The summed E-state index contributed by atoms with van der Waals surface area (Å²) in [7, 11) is 0. The first-order valence-corrected chi connectivity index (χ1v) is 11.5. The Labute approximate surface area is 192 Å². The third kappa shape index (κ3) is 4.02. The Morgan fingerprint density at radius 1 is 0.939 bits per heavy atom. The molecule has 0 aliphatic rings. The number of aromatic nitrogens is 7. The van der Waals surface area contributed by atoms with Crippen LogP contribution in [0.2, 0.25) is 0 Å². The molecule has 5 rings (SSSR count). The molecule has 0 amide bonds. The first-order valence-electron chi connectivity index (χ1n) is 11.5. The Balaban J connectivity index is 1.51. The zero-order chi connectivity index (χ0) is 22.8. The predicted octanol–water partition coefficient (Wildman–Crippen LogP) is 5.15. The number of rotatable bonds is 7. The van der Waals surface area contributed by atoms with Gasteiger partial charge < -0.3 is 4.57 Å². The largest absolute Gasteiger partial charge is 0.308 e. The molecule has 0 saturated heterocycles. The van der Waals surface area contributed by atoms with E-state index in [1.54, 1.807) is 0 Å². The quantitative estimate of drug-likeness (QED) is 0.381. The highest BCUT2D eigenvalue weighted by atomic mass is 15.5. The molecule has 0 fully saturated rings. The molecule has 0 atom stereocenters. The van der Waals surface area contributed by atoms with Gasteiger partial charge in [-0.15, -0.1) is 10.2 Å². The maximum Gasteiger partial charge on any atom is 0.205 e. The lowest BCUT2D eigenvalue weighted by molar-refractivity contribution is 0.715. The molecule has 0 aliphatic carbocycles. The molecular formula is C26H27N7. The van der Waals surface area contributed by atoms with Gasteiger partial charge >= 0.3 is 0 Å². The minimum Gasteiger partial charge on any atom is -0.308 e. The molecule has 3 heterocycles. The first kappa shape index (κ1) is 21.0. The molecule has 0 unspecified atom stereocenters. The van der Waals surface area contributed by atoms with Crippen LogP contribution < -0.4 is 0 Å². The van der Waals surface area contributed by atoms with Crippen molar-refractivity contribution in [3.05, 3.63) is 77.2 Å². The molecule has 2 aromatic carbocycles. The standard InChI is InChI=1S/C26H27N7/c1-4-8-23-28-24-17(3)15-20(5-2)27-26(24)33(23)16-18-11-13-19(14-12-18)21-9-6-7-10-22(21)25-29-31-32-30-25/h6-7,9-15H,4-5,8,16H2,1-3H3,(H,29,30,31,32). The van der Waals surface area contributed by atoms with Gasteiger partial charge in [-0.25, -0.2) is 9.97 Å². The van der Waals surface area contributed by atoms with Gasteiger partial charge in [-0.1, -0.05) is 62.4 Å². The second kappa shape index (κ2) is 8.94. The molecule has 166 valence electrons. The van der Waals surface area contributed by atoms with Gasteiger partial charge in [0.05, 0.1) is 6.54 Å². The van der Waals surface area contributed by atoms with Crippen molar-refractivity contribution in [3.63, 3.8) is 0 Å². The molecular weight excluding hydrogens is 410 g/mol. The van der Waals surface area contributed by atoms with Crippen molar-refractivity contribution in [1.82, 2.24) is 35.2 Å². The van der Waals surface area contributed by atoms with Crippen LogP contribution in [-0.4, -0.2) is 35.2 Å². The van der Waals surface area contributed by atoms with Gasteiger partial charge in [0.1, 0.15) is 11.3 Å². The van der Waals surface area contributed by atoms with Gasteiger partial charge in [0.2, 0.25) is 5.82 Å². The average Bonchev–Trinajstić information content (AvgIpc) is 3.49. The number of aryl methyl sites for hydroxylation is 3. The fourth-order valence-electron chi connectivity index (χ4n) is 4.29. The third-order valence-corrected chi connectivity index (χ3v) is 5.98. The number of fused-ring (bicyclic) bond motifs is 1. The minimum atomic E-state index is 0.594. The van der Waals surface area contributed by atoms with Crippen molar-refractivity contribution >= 4 is 11.2 Å². The monoisotopic (exact) mass is 437 g/mol. The maximum atomic E-state index is 4.96. The zero-order valence-electron chi connectivity index (χ0n) is 19.2. The van der Waals surface area contributed by atoms with Crippen molar-refractivity contribution in [1.29, 1.82) is 0 Å². The summed E-state index contributed by atoms with van der Waals surface area (Å²) in [4.78, 5) is 9.89. The molecule has 33 heavy (non-hydrogen) atoms.